The largest absolute Gasteiger partial charge is 0.341 e. The summed E-state index contributed by atoms with van der Waals surface area (Å²) in [6.07, 6.45) is 5.17. The number of piperidine rings is 1. The van der Waals surface area contributed by atoms with Gasteiger partial charge in [-0.15, -0.1) is 0 Å². The molecule has 1 aromatic rings. The Morgan fingerprint density at radius 3 is 2.40 bits per heavy atom. The van der Waals surface area contributed by atoms with E-state index >= 15 is 0 Å². The molecule has 0 aromatic heterocycles. The highest BCUT2D eigenvalue weighted by Gasteiger charge is 2.36. The fourth-order valence-electron chi connectivity index (χ4n) is 3.91. The predicted octanol–water partition coefficient (Wildman–Crippen LogP) is 3.18. The smallest absolute Gasteiger partial charge is 0.245 e. The summed E-state index contributed by atoms with van der Waals surface area (Å²) < 4.78 is 0. The molecule has 2 amide bonds. The number of nitrogens with zero attached hydrogens (tertiary/aromatic N) is 2. The minimum absolute atomic E-state index is 0.127. The van der Waals surface area contributed by atoms with Crippen LogP contribution in [-0.4, -0.2) is 47.3 Å². The van der Waals surface area contributed by atoms with E-state index in [4.69, 9.17) is 0 Å². The summed E-state index contributed by atoms with van der Waals surface area (Å²) in [6.45, 7) is 6.74. The minimum Gasteiger partial charge on any atom is -0.341 e. The lowest BCUT2D eigenvalue weighted by atomic mass is 9.98. The number of hydrogen-bond acceptors (Lipinski definition) is 2. The average Bonchev–Trinajstić information content (AvgIpc) is 3.11. The van der Waals surface area contributed by atoms with Gasteiger partial charge in [-0.1, -0.05) is 36.8 Å². The first-order chi connectivity index (χ1) is 12.0. The summed E-state index contributed by atoms with van der Waals surface area (Å²) >= 11 is 0. The maximum atomic E-state index is 12.9. The van der Waals surface area contributed by atoms with Gasteiger partial charge >= 0.3 is 0 Å². The Labute approximate surface area is 151 Å². The molecule has 0 unspecified atom stereocenters. The quantitative estimate of drug-likeness (QED) is 0.843. The standard InChI is InChI=1S/C21H30N2O2/c1-16-5-7-18(8-6-16)9-10-20(24)23-13-3-4-19(23)21(25)22-14-11-17(2)12-15-22/h5-8,17,19H,3-4,9-15H2,1-2H3/t19-/m0/s1. The van der Waals surface area contributed by atoms with Gasteiger partial charge in [-0.25, -0.2) is 0 Å². The van der Waals surface area contributed by atoms with Gasteiger partial charge in [0.1, 0.15) is 6.04 Å². The third kappa shape index (κ3) is 4.42. The Morgan fingerprint density at radius 1 is 1.04 bits per heavy atom. The number of aryl methyl sites for hydroxylation is 2. The van der Waals surface area contributed by atoms with Crippen LogP contribution in [0.25, 0.3) is 0 Å². The molecule has 0 N–H and O–H groups in total. The van der Waals surface area contributed by atoms with E-state index in [0.29, 0.717) is 12.3 Å². The lowest BCUT2D eigenvalue weighted by Crippen LogP contribution is -2.49. The molecule has 25 heavy (non-hydrogen) atoms. The van der Waals surface area contributed by atoms with Gasteiger partial charge in [0.25, 0.3) is 0 Å². The van der Waals surface area contributed by atoms with Gasteiger partial charge in [0.15, 0.2) is 0 Å². The van der Waals surface area contributed by atoms with E-state index in [-0.39, 0.29) is 17.9 Å². The van der Waals surface area contributed by atoms with Crippen molar-refractivity contribution in [3.63, 3.8) is 0 Å². The number of likely N-dealkylation sites (tertiary alicyclic amines) is 2. The lowest BCUT2D eigenvalue weighted by molar-refractivity contribution is -0.144. The second-order valence-corrected chi connectivity index (χ2v) is 7.74. The first-order valence-corrected chi connectivity index (χ1v) is 9.68. The third-order valence-electron chi connectivity index (χ3n) is 5.70. The van der Waals surface area contributed by atoms with Crippen molar-refractivity contribution in [2.24, 2.45) is 5.92 Å². The molecular formula is C21H30N2O2. The molecule has 0 saturated carbocycles. The SMILES string of the molecule is Cc1ccc(CCC(=O)N2CCC[C@H]2C(=O)N2CCC(C)CC2)cc1. The van der Waals surface area contributed by atoms with Crippen LogP contribution < -0.4 is 0 Å². The van der Waals surface area contributed by atoms with E-state index in [2.05, 4.69) is 38.1 Å². The number of carbonyl (C=O) groups excluding carboxylic acids is 2. The van der Waals surface area contributed by atoms with Crippen molar-refractivity contribution in [3.05, 3.63) is 35.4 Å². The predicted molar refractivity (Wildman–Crippen MR) is 99.2 cm³/mol. The zero-order chi connectivity index (χ0) is 17.8. The third-order valence-corrected chi connectivity index (χ3v) is 5.70. The summed E-state index contributed by atoms with van der Waals surface area (Å²) in [6, 6.07) is 8.12. The minimum atomic E-state index is -0.223. The molecule has 3 rings (SSSR count). The molecule has 2 aliphatic heterocycles. The molecule has 0 spiro atoms. The summed E-state index contributed by atoms with van der Waals surface area (Å²) in [4.78, 5) is 29.4. The van der Waals surface area contributed by atoms with Crippen molar-refractivity contribution in [3.8, 4) is 0 Å². The molecule has 4 nitrogen and oxygen atoms in total. The van der Waals surface area contributed by atoms with Crippen molar-refractivity contribution in [1.82, 2.24) is 9.80 Å². The molecule has 1 atom stereocenters. The Kier molecular flexibility index (Phi) is 5.77. The van der Waals surface area contributed by atoms with Crippen LogP contribution in [0.3, 0.4) is 0 Å². The van der Waals surface area contributed by atoms with Gasteiger partial charge in [0, 0.05) is 26.1 Å². The number of carbonyl (C=O) groups is 2. The van der Waals surface area contributed by atoms with E-state index in [9.17, 15) is 9.59 Å². The van der Waals surface area contributed by atoms with Gasteiger partial charge in [-0.05, 0) is 50.5 Å². The highest BCUT2D eigenvalue weighted by molar-refractivity contribution is 5.88. The van der Waals surface area contributed by atoms with Gasteiger partial charge in [0.2, 0.25) is 11.8 Å². The first kappa shape index (κ1) is 18.0. The van der Waals surface area contributed by atoms with Gasteiger partial charge in [-0.3, -0.25) is 9.59 Å². The summed E-state index contributed by atoms with van der Waals surface area (Å²) in [5, 5.41) is 0. The molecule has 136 valence electrons. The van der Waals surface area contributed by atoms with E-state index in [1.165, 1.54) is 11.1 Å². The van der Waals surface area contributed by atoms with Crippen LogP contribution in [0, 0.1) is 12.8 Å². The van der Waals surface area contributed by atoms with Crippen LogP contribution in [0.4, 0.5) is 0 Å². The van der Waals surface area contributed by atoms with Crippen LogP contribution in [-0.2, 0) is 16.0 Å². The normalized spacial score (nSPS) is 21.6. The van der Waals surface area contributed by atoms with Crippen molar-refractivity contribution < 1.29 is 9.59 Å². The summed E-state index contributed by atoms with van der Waals surface area (Å²) in [5.74, 6) is 1.01. The second-order valence-electron chi connectivity index (χ2n) is 7.74. The van der Waals surface area contributed by atoms with Crippen LogP contribution in [0.15, 0.2) is 24.3 Å². The second kappa shape index (κ2) is 8.03. The summed E-state index contributed by atoms with van der Waals surface area (Å²) in [5.41, 5.74) is 2.42. The van der Waals surface area contributed by atoms with E-state index in [1.54, 1.807) is 0 Å². The lowest BCUT2D eigenvalue weighted by Gasteiger charge is -2.34. The fourth-order valence-corrected chi connectivity index (χ4v) is 3.91. The van der Waals surface area contributed by atoms with Crippen molar-refractivity contribution in [2.75, 3.05) is 19.6 Å². The van der Waals surface area contributed by atoms with Gasteiger partial charge in [-0.2, -0.15) is 0 Å². The van der Waals surface area contributed by atoms with Gasteiger partial charge in [0.05, 0.1) is 0 Å². The molecular weight excluding hydrogens is 312 g/mol. The van der Waals surface area contributed by atoms with Crippen molar-refractivity contribution in [2.45, 2.75) is 58.4 Å². The molecule has 2 aliphatic rings. The molecule has 1 aromatic carbocycles. The van der Waals surface area contributed by atoms with Crippen LogP contribution >= 0.6 is 0 Å². The highest BCUT2D eigenvalue weighted by atomic mass is 16.2. The maximum absolute atomic E-state index is 12.9. The molecule has 2 fully saturated rings. The Balaban J connectivity index is 1.55. The average molecular weight is 342 g/mol. The van der Waals surface area contributed by atoms with E-state index in [1.807, 2.05) is 9.80 Å². The zero-order valence-electron chi connectivity index (χ0n) is 15.5. The van der Waals surface area contributed by atoms with Gasteiger partial charge < -0.3 is 9.80 Å². The first-order valence-electron chi connectivity index (χ1n) is 9.68. The Bertz CT molecular complexity index is 603. The molecule has 0 radical (unpaired) electrons. The van der Waals surface area contributed by atoms with Crippen LogP contribution in [0.1, 0.15) is 50.2 Å². The molecule has 0 bridgehead atoms. The molecule has 4 heteroatoms. The van der Waals surface area contributed by atoms with Crippen LogP contribution in [0.5, 0.6) is 0 Å². The number of hydrogen-bond donors (Lipinski definition) is 0. The fraction of sp³-hybridized carbons (Fsp3) is 0.619. The topological polar surface area (TPSA) is 40.6 Å². The maximum Gasteiger partial charge on any atom is 0.245 e. The Hall–Kier alpha value is -1.84. The number of amides is 2. The monoisotopic (exact) mass is 342 g/mol. The Morgan fingerprint density at radius 2 is 1.72 bits per heavy atom. The van der Waals surface area contributed by atoms with E-state index < -0.39 is 0 Å². The zero-order valence-corrected chi connectivity index (χ0v) is 15.5. The highest BCUT2D eigenvalue weighted by Crippen LogP contribution is 2.24. The molecule has 2 saturated heterocycles. The summed E-state index contributed by atoms with van der Waals surface area (Å²) in [7, 11) is 0. The molecule has 2 heterocycles. The van der Waals surface area contributed by atoms with E-state index in [0.717, 1.165) is 51.7 Å². The molecule has 0 aliphatic carbocycles. The number of benzene rings is 1. The number of rotatable bonds is 4. The van der Waals surface area contributed by atoms with Crippen molar-refractivity contribution >= 4 is 11.8 Å². The van der Waals surface area contributed by atoms with Crippen LogP contribution in [0.2, 0.25) is 0 Å². The van der Waals surface area contributed by atoms with Crippen molar-refractivity contribution in [1.29, 1.82) is 0 Å².